The lowest BCUT2D eigenvalue weighted by Crippen LogP contribution is -2.20. The number of hydrazone groups is 1. The fraction of sp³-hybridized carbons (Fsp3) is 0.440. The second-order valence-corrected chi connectivity index (χ2v) is 10.7. The van der Waals surface area contributed by atoms with E-state index in [2.05, 4.69) is 68.0 Å². The number of carbonyl (C=O) groups excluding carboxylic acids is 1. The predicted molar refractivity (Wildman–Crippen MR) is 132 cm³/mol. The third-order valence-electron chi connectivity index (χ3n) is 5.10. The summed E-state index contributed by atoms with van der Waals surface area (Å²) >= 11 is 3.26. The Bertz CT molecular complexity index is 983. The molecule has 0 radical (unpaired) electrons. The van der Waals surface area contributed by atoms with Gasteiger partial charge >= 0.3 is 0 Å². The quantitative estimate of drug-likeness (QED) is 0.355. The summed E-state index contributed by atoms with van der Waals surface area (Å²) in [5, 5.41) is 24.7. The molecule has 6 nitrogen and oxygen atoms in total. The van der Waals surface area contributed by atoms with Gasteiger partial charge in [-0.05, 0) is 67.6 Å². The fourth-order valence-corrected chi connectivity index (χ4v) is 3.76. The van der Waals surface area contributed by atoms with Crippen molar-refractivity contribution in [1.82, 2.24) is 5.43 Å². The van der Waals surface area contributed by atoms with Gasteiger partial charge in [0.2, 0.25) is 5.91 Å². The number of amides is 1. The van der Waals surface area contributed by atoms with Crippen LogP contribution in [0.3, 0.4) is 0 Å². The van der Waals surface area contributed by atoms with E-state index in [1.165, 1.54) is 13.3 Å². The van der Waals surface area contributed by atoms with Gasteiger partial charge in [-0.25, -0.2) is 5.43 Å². The molecule has 7 heteroatoms. The number of hydrogen-bond acceptors (Lipinski definition) is 5. The van der Waals surface area contributed by atoms with Crippen LogP contribution in [-0.2, 0) is 22.0 Å². The molecule has 174 valence electrons. The molecule has 0 bridgehead atoms. The maximum Gasteiger partial charge on any atom is 0.240 e. The number of ether oxygens (including phenoxy) is 1. The Kier molecular flexibility index (Phi) is 7.99. The number of nitrogens with one attached hydrogen (secondary N) is 1. The van der Waals surface area contributed by atoms with E-state index in [0.717, 1.165) is 16.7 Å². The number of carbonyl (C=O) groups is 1. The van der Waals surface area contributed by atoms with Gasteiger partial charge in [-0.2, -0.15) is 5.10 Å². The van der Waals surface area contributed by atoms with Gasteiger partial charge in [-0.15, -0.1) is 0 Å². The second-order valence-electron chi connectivity index (χ2n) is 9.89. The zero-order valence-electron chi connectivity index (χ0n) is 19.8. The van der Waals surface area contributed by atoms with Gasteiger partial charge in [0.1, 0.15) is 5.75 Å². The lowest BCUT2D eigenvalue weighted by molar-refractivity contribution is -0.121. The molecule has 0 aliphatic carbocycles. The zero-order valence-corrected chi connectivity index (χ0v) is 21.4. The monoisotopic (exact) mass is 504 g/mol. The number of aryl methyl sites for hydroxylation is 1. The normalized spacial score (nSPS) is 12.2. The van der Waals surface area contributed by atoms with E-state index in [9.17, 15) is 15.0 Å². The van der Waals surface area contributed by atoms with E-state index in [-0.39, 0.29) is 28.9 Å². The highest BCUT2D eigenvalue weighted by Gasteiger charge is 2.26. The first-order valence-electron chi connectivity index (χ1n) is 10.5. The van der Waals surface area contributed by atoms with Crippen molar-refractivity contribution in [2.45, 2.75) is 65.2 Å². The highest BCUT2D eigenvalue weighted by Crippen LogP contribution is 2.40. The van der Waals surface area contributed by atoms with Crippen LogP contribution in [0.4, 0.5) is 0 Å². The molecule has 0 atom stereocenters. The van der Waals surface area contributed by atoms with Gasteiger partial charge < -0.3 is 14.9 Å². The summed E-state index contributed by atoms with van der Waals surface area (Å²) in [5.74, 6) is 0.433. The number of aromatic hydroxyl groups is 2. The first-order chi connectivity index (χ1) is 14.7. The van der Waals surface area contributed by atoms with Crippen LogP contribution in [0.5, 0.6) is 17.2 Å². The molecule has 0 spiro atoms. The first kappa shape index (κ1) is 25.7. The summed E-state index contributed by atoms with van der Waals surface area (Å²) in [5.41, 5.74) is 5.53. The molecule has 0 saturated carbocycles. The van der Waals surface area contributed by atoms with Crippen molar-refractivity contribution in [3.8, 4) is 17.2 Å². The molecule has 32 heavy (non-hydrogen) atoms. The van der Waals surface area contributed by atoms with Crippen LogP contribution in [0.15, 0.2) is 33.8 Å². The van der Waals surface area contributed by atoms with E-state index in [4.69, 9.17) is 4.74 Å². The van der Waals surface area contributed by atoms with Crippen molar-refractivity contribution in [3.05, 3.63) is 51.0 Å². The van der Waals surface area contributed by atoms with Crippen LogP contribution in [0, 0.1) is 0 Å². The third kappa shape index (κ3) is 6.48. The van der Waals surface area contributed by atoms with E-state index in [0.29, 0.717) is 28.0 Å². The predicted octanol–water partition coefficient (Wildman–Crippen LogP) is 5.55. The van der Waals surface area contributed by atoms with Gasteiger partial charge in [0.05, 0.1) is 17.8 Å². The topological polar surface area (TPSA) is 91.2 Å². The number of benzene rings is 2. The zero-order chi connectivity index (χ0) is 24.3. The molecule has 2 aromatic rings. The Labute approximate surface area is 198 Å². The van der Waals surface area contributed by atoms with Gasteiger partial charge in [-0.1, -0.05) is 53.7 Å². The summed E-state index contributed by atoms with van der Waals surface area (Å²) in [4.78, 5) is 12.3. The van der Waals surface area contributed by atoms with Gasteiger partial charge in [-0.3, -0.25) is 4.79 Å². The number of halogens is 1. The summed E-state index contributed by atoms with van der Waals surface area (Å²) in [6.07, 6.45) is 2.28. The molecule has 0 fully saturated rings. The minimum Gasteiger partial charge on any atom is -0.507 e. The molecule has 0 heterocycles. The van der Waals surface area contributed by atoms with Crippen molar-refractivity contribution in [2.75, 3.05) is 7.11 Å². The third-order valence-corrected chi connectivity index (χ3v) is 5.70. The molecule has 0 aliphatic heterocycles. The van der Waals surface area contributed by atoms with Crippen LogP contribution in [0.2, 0.25) is 0 Å². The van der Waals surface area contributed by atoms with Crippen LogP contribution in [-0.4, -0.2) is 29.4 Å². The Hall–Kier alpha value is -2.54. The number of phenolic OH excluding ortho intramolecular Hbond substituents is 2. The highest BCUT2D eigenvalue weighted by atomic mass is 79.9. The minimum absolute atomic E-state index is 0.00633. The number of nitrogens with zero attached hydrogens (tertiary/aromatic N) is 1. The molecule has 1 amide bonds. The number of phenols is 2. The van der Waals surface area contributed by atoms with Crippen molar-refractivity contribution >= 4 is 28.1 Å². The first-order valence-corrected chi connectivity index (χ1v) is 11.3. The summed E-state index contributed by atoms with van der Waals surface area (Å²) < 4.78 is 5.58. The number of methoxy groups -OCH3 is 1. The maximum atomic E-state index is 12.3. The summed E-state index contributed by atoms with van der Waals surface area (Å²) in [6.45, 7) is 12.4. The number of hydrogen-bond donors (Lipinski definition) is 3. The second kappa shape index (κ2) is 9.94. The fourth-order valence-electron chi connectivity index (χ4n) is 3.30. The van der Waals surface area contributed by atoms with Crippen molar-refractivity contribution in [3.63, 3.8) is 0 Å². The average molecular weight is 505 g/mol. The molecule has 3 N–H and O–H groups in total. The molecule has 0 saturated heterocycles. The van der Waals surface area contributed by atoms with Crippen molar-refractivity contribution < 1.29 is 19.7 Å². The highest BCUT2D eigenvalue weighted by molar-refractivity contribution is 9.10. The molecule has 2 aromatic carbocycles. The molecular formula is C25H33BrN2O4. The SMILES string of the molecule is COc1cc(/C=N\NC(=O)CCc2cc(C(C)(C)C)c(O)c(C(C)(C)C)c2)cc(Br)c1O. The Morgan fingerprint density at radius 2 is 1.59 bits per heavy atom. The smallest absolute Gasteiger partial charge is 0.240 e. The Morgan fingerprint density at radius 1 is 1.03 bits per heavy atom. The largest absolute Gasteiger partial charge is 0.507 e. The minimum atomic E-state index is -0.216. The average Bonchev–Trinajstić information content (AvgIpc) is 2.67. The molecule has 2 rings (SSSR count). The van der Waals surface area contributed by atoms with Crippen LogP contribution in [0.1, 0.15) is 70.2 Å². The molecule has 0 aliphatic rings. The van der Waals surface area contributed by atoms with E-state index in [1.807, 2.05) is 12.1 Å². The maximum absolute atomic E-state index is 12.3. The standard InChI is InChI=1S/C25H33BrN2O4/c1-24(2,3)17-10-15(11-18(22(17)30)25(4,5)6)8-9-21(29)28-27-14-16-12-19(26)23(31)20(13-16)32-7/h10-14,30-31H,8-9H2,1-7H3,(H,28,29)/b27-14-. The van der Waals surface area contributed by atoms with Crippen molar-refractivity contribution in [2.24, 2.45) is 5.10 Å². The number of rotatable bonds is 6. The lowest BCUT2D eigenvalue weighted by atomic mass is 9.78. The lowest BCUT2D eigenvalue weighted by Gasteiger charge is -2.28. The van der Waals surface area contributed by atoms with Gasteiger partial charge in [0.25, 0.3) is 0 Å². The van der Waals surface area contributed by atoms with Crippen LogP contribution in [0.25, 0.3) is 0 Å². The summed E-state index contributed by atoms with van der Waals surface area (Å²) in [6, 6.07) is 7.27. The van der Waals surface area contributed by atoms with Crippen LogP contribution >= 0.6 is 15.9 Å². The van der Waals surface area contributed by atoms with E-state index in [1.54, 1.807) is 12.1 Å². The Balaban J connectivity index is 2.11. The summed E-state index contributed by atoms with van der Waals surface area (Å²) in [7, 11) is 1.46. The van der Waals surface area contributed by atoms with Gasteiger partial charge in [0, 0.05) is 6.42 Å². The molecule has 0 unspecified atom stereocenters. The van der Waals surface area contributed by atoms with E-state index < -0.39 is 0 Å². The Morgan fingerprint density at radius 3 is 2.09 bits per heavy atom. The van der Waals surface area contributed by atoms with E-state index >= 15 is 0 Å². The van der Waals surface area contributed by atoms with Crippen molar-refractivity contribution in [1.29, 1.82) is 0 Å². The molecule has 0 aromatic heterocycles. The van der Waals surface area contributed by atoms with Gasteiger partial charge in [0.15, 0.2) is 11.5 Å². The molecular weight excluding hydrogens is 472 g/mol. The van der Waals surface area contributed by atoms with Crippen LogP contribution < -0.4 is 10.2 Å².